The van der Waals surface area contributed by atoms with Crippen molar-refractivity contribution in [2.24, 2.45) is 0 Å². The highest BCUT2D eigenvalue weighted by Gasteiger charge is 2.52. The second kappa shape index (κ2) is 4.34. The standard InChI is InChI=1S/C13H15BN2O3S/c1-12(2)13(3,4)19-14(18-12)9-6-5-8(7-17)10-11(9)16-20-15-10/h5-7H,1-4H3. The van der Waals surface area contributed by atoms with Gasteiger partial charge in [-0.25, -0.2) is 0 Å². The molecule has 0 atom stereocenters. The lowest BCUT2D eigenvalue weighted by Gasteiger charge is -2.32. The number of carbonyl (C=O) groups is 1. The molecule has 0 bridgehead atoms. The van der Waals surface area contributed by atoms with Crippen molar-refractivity contribution in [3.63, 3.8) is 0 Å². The average molecular weight is 290 g/mol. The van der Waals surface area contributed by atoms with E-state index < -0.39 is 18.3 Å². The number of rotatable bonds is 2. The Hall–Kier alpha value is -1.31. The first kappa shape index (κ1) is 13.7. The lowest BCUT2D eigenvalue weighted by molar-refractivity contribution is 0.00578. The van der Waals surface area contributed by atoms with Gasteiger partial charge in [-0.05, 0) is 33.8 Å². The summed E-state index contributed by atoms with van der Waals surface area (Å²) in [5.41, 5.74) is 1.83. The Morgan fingerprint density at radius 3 is 2.30 bits per heavy atom. The maximum absolute atomic E-state index is 11.0. The molecule has 7 heteroatoms. The zero-order valence-electron chi connectivity index (χ0n) is 11.8. The fourth-order valence-electron chi connectivity index (χ4n) is 2.16. The highest BCUT2D eigenvalue weighted by molar-refractivity contribution is 7.00. The number of benzene rings is 1. The van der Waals surface area contributed by atoms with E-state index in [1.807, 2.05) is 33.8 Å². The summed E-state index contributed by atoms with van der Waals surface area (Å²) in [6, 6.07) is 3.56. The molecule has 1 saturated heterocycles. The fraction of sp³-hybridized carbons (Fsp3) is 0.462. The first-order valence-corrected chi connectivity index (χ1v) is 7.15. The van der Waals surface area contributed by atoms with Crippen LogP contribution in [0.15, 0.2) is 12.1 Å². The van der Waals surface area contributed by atoms with Crippen LogP contribution in [0.3, 0.4) is 0 Å². The summed E-state index contributed by atoms with van der Waals surface area (Å²) >= 11 is 1.09. The monoisotopic (exact) mass is 290 g/mol. The zero-order valence-corrected chi connectivity index (χ0v) is 12.7. The topological polar surface area (TPSA) is 61.3 Å². The summed E-state index contributed by atoms with van der Waals surface area (Å²) in [6.45, 7) is 8.01. The highest BCUT2D eigenvalue weighted by Crippen LogP contribution is 2.37. The van der Waals surface area contributed by atoms with Gasteiger partial charge in [-0.1, -0.05) is 6.07 Å². The van der Waals surface area contributed by atoms with Crippen LogP contribution in [0, 0.1) is 0 Å². The van der Waals surface area contributed by atoms with Gasteiger partial charge in [-0.3, -0.25) is 4.79 Å². The summed E-state index contributed by atoms with van der Waals surface area (Å²) in [7, 11) is -0.493. The van der Waals surface area contributed by atoms with Crippen LogP contribution in [0.5, 0.6) is 0 Å². The van der Waals surface area contributed by atoms with E-state index in [-0.39, 0.29) is 0 Å². The number of hydrogen-bond acceptors (Lipinski definition) is 6. The van der Waals surface area contributed by atoms with Crippen LogP contribution in [-0.2, 0) is 9.31 Å². The minimum absolute atomic E-state index is 0.406. The quantitative estimate of drug-likeness (QED) is 0.623. The van der Waals surface area contributed by atoms with Gasteiger partial charge in [0.25, 0.3) is 0 Å². The first-order valence-electron chi connectivity index (χ1n) is 6.42. The number of hydrogen-bond donors (Lipinski definition) is 0. The molecule has 1 aromatic heterocycles. The molecule has 3 rings (SSSR count). The first-order chi connectivity index (χ1) is 9.36. The number of aldehydes is 1. The predicted molar refractivity (Wildman–Crippen MR) is 78.5 cm³/mol. The van der Waals surface area contributed by atoms with Gasteiger partial charge < -0.3 is 9.31 Å². The summed E-state index contributed by atoms with van der Waals surface area (Å²) in [4.78, 5) is 11.0. The second-order valence-corrected chi connectivity index (χ2v) is 6.44. The molecular formula is C13H15BN2O3S. The minimum atomic E-state index is -0.493. The smallest absolute Gasteiger partial charge is 0.399 e. The van der Waals surface area contributed by atoms with Crippen LogP contribution >= 0.6 is 11.7 Å². The minimum Gasteiger partial charge on any atom is -0.399 e. The highest BCUT2D eigenvalue weighted by atomic mass is 32.1. The lowest BCUT2D eigenvalue weighted by Crippen LogP contribution is -2.41. The Morgan fingerprint density at radius 1 is 1.10 bits per heavy atom. The van der Waals surface area contributed by atoms with Crippen LogP contribution in [0.1, 0.15) is 38.1 Å². The maximum atomic E-state index is 11.0. The van der Waals surface area contributed by atoms with Crippen molar-refractivity contribution in [3.05, 3.63) is 17.7 Å². The van der Waals surface area contributed by atoms with Crippen LogP contribution in [-0.4, -0.2) is 33.4 Å². The summed E-state index contributed by atoms with van der Waals surface area (Å²) in [5.74, 6) is 0. The van der Waals surface area contributed by atoms with E-state index in [4.69, 9.17) is 9.31 Å². The SMILES string of the molecule is CC1(C)OB(c2ccc(C=O)c3nsnc23)OC1(C)C. The molecular weight excluding hydrogens is 275 g/mol. The third kappa shape index (κ3) is 1.89. The third-order valence-corrected chi connectivity index (χ3v) is 4.64. The molecule has 0 unspecified atom stereocenters. The Kier molecular flexibility index (Phi) is 2.97. The van der Waals surface area contributed by atoms with Crippen LogP contribution in [0.25, 0.3) is 11.0 Å². The Bertz CT molecular complexity index is 667. The van der Waals surface area contributed by atoms with Crippen molar-refractivity contribution in [2.75, 3.05) is 0 Å². The summed E-state index contributed by atoms with van der Waals surface area (Å²) in [6.07, 6.45) is 0.789. The van der Waals surface area contributed by atoms with Gasteiger partial charge in [0.15, 0.2) is 6.29 Å². The van der Waals surface area contributed by atoms with Gasteiger partial charge in [0.2, 0.25) is 0 Å². The van der Waals surface area contributed by atoms with E-state index in [1.54, 1.807) is 6.07 Å². The normalized spacial score (nSPS) is 20.5. The van der Waals surface area contributed by atoms with E-state index in [0.717, 1.165) is 23.5 Å². The number of nitrogens with zero attached hydrogens (tertiary/aromatic N) is 2. The van der Waals surface area contributed by atoms with Crippen LogP contribution < -0.4 is 5.46 Å². The molecule has 1 aliphatic heterocycles. The summed E-state index contributed by atoms with van der Waals surface area (Å²) in [5, 5.41) is 0. The largest absolute Gasteiger partial charge is 0.497 e. The molecule has 0 radical (unpaired) electrons. The van der Waals surface area contributed by atoms with Gasteiger partial charge in [-0.15, -0.1) is 0 Å². The number of fused-ring (bicyclic) bond motifs is 1. The Balaban J connectivity index is 2.09. The Morgan fingerprint density at radius 2 is 1.70 bits per heavy atom. The van der Waals surface area contributed by atoms with Crippen LogP contribution in [0.4, 0.5) is 0 Å². The molecule has 20 heavy (non-hydrogen) atoms. The molecule has 0 spiro atoms. The van der Waals surface area contributed by atoms with E-state index in [0.29, 0.717) is 16.6 Å². The average Bonchev–Trinajstić information content (AvgIpc) is 2.91. The molecule has 1 aliphatic rings. The number of carbonyl (C=O) groups excluding carboxylic acids is 1. The molecule has 2 heterocycles. The van der Waals surface area contributed by atoms with E-state index in [1.165, 1.54) is 0 Å². The summed E-state index contributed by atoms with van der Waals surface area (Å²) < 4.78 is 20.5. The van der Waals surface area contributed by atoms with Crippen molar-refractivity contribution in [2.45, 2.75) is 38.9 Å². The van der Waals surface area contributed by atoms with E-state index in [9.17, 15) is 4.79 Å². The van der Waals surface area contributed by atoms with Gasteiger partial charge >= 0.3 is 7.12 Å². The third-order valence-electron chi connectivity index (χ3n) is 4.11. The van der Waals surface area contributed by atoms with Gasteiger partial charge in [0, 0.05) is 11.0 Å². The van der Waals surface area contributed by atoms with Crippen molar-refractivity contribution < 1.29 is 14.1 Å². The molecule has 0 N–H and O–H groups in total. The van der Waals surface area contributed by atoms with Crippen LogP contribution in [0.2, 0.25) is 0 Å². The molecule has 5 nitrogen and oxygen atoms in total. The van der Waals surface area contributed by atoms with Gasteiger partial charge in [0.05, 0.1) is 22.9 Å². The molecule has 0 amide bonds. The lowest BCUT2D eigenvalue weighted by atomic mass is 9.77. The van der Waals surface area contributed by atoms with Crippen molar-refractivity contribution >= 4 is 41.6 Å². The number of aromatic nitrogens is 2. The fourth-order valence-corrected chi connectivity index (χ4v) is 2.75. The molecule has 2 aromatic rings. The van der Waals surface area contributed by atoms with Crippen molar-refractivity contribution in [3.8, 4) is 0 Å². The van der Waals surface area contributed by atoms with Gasteiger partial charge in [-0.2, -0.15) is 8.75 Å². The van der Waals surface area contributed by atoms with Crippen molar-refractivity contribution in [1.29, 1.82) is 0 Å². The van der Waals surface area contributed by atoms with E-state index >= 15 is 0 Å². The molecule has 1 fully saturated rings. The molecule has 104 valence electrons. The Labute approximate surface area is 121 Å². The maximum Gasteiger partial charge on any atom is 0.497 e. The zero-order chi connectivity index (χ0) is 14.5. The van der Waals surface area contributed by atoms with Gasteiger partial charge in [0.1, 0.15) is 11.0 Å². The molecule has 0 saturated carbocycles. The predicted octanol–water partition coefficient (Wildman–Crippen LogP) is 1.80. The van der Waals surface area contributed by atoms with E-state index in [2.05, 4.69) is 8.75 Å². The molecule has 1 aromatic carbocycles. The van der Waals surface area contributed by atoms with Crippen molar-refractivity contribution in [1.82, 2.24) is 8.75 Å². The molecule has 0 aliphatic carbocycles. The second-order valence-electron chi connectivity index (χ2n) is 5.91.